The lowest BCUT2D eigenvalue weighted by atomic mass is 9.99. The quantitative estimate of drug-likeness (QED) is 0.781. The molecule has 2 aromatic heterocycles. The van der Waals surface area contributed by atoms with Crippen molar-refractivity contribution in [1.29, 1.82) is 0 Å². The van der Waals surface area contributed by atoms with Gasteiger partial charge in [0.2, 0.25) is 5.95 Å². The third-order valence-electron chi connectivity index (χ3n) is 4.81. The average molecular weight is 343 g/mol. The molecule has 2 aliphatic rings. The Morgan fingerprint density at radius 3 is 2.96 bits per heavy atom. The molecule has 0 aliphatic carbocycles. The van der Waals surface area contributed by atoms with Crippen LogP contribution < -0.4 is 4.90 Å². The van der Waals surface area contributed by atoms with E-state index >= 15 is 0 Å². The summed E-state index contributed by atoms with van der Waals surface area (Å²) in [5.41, 5.74) is 2.18. The number of likely N-dealkylation sites (tertiary alicyclic amines) is 1. The summed E-state index contributed by atoms with van der Waals surface area (Å²) >= 11 is 0. The summed E-state index contributed by atoms with van der Waals surface area (Å²) in [6.07, 6.45) is 4.19. The molecule has 0 unspecified atom stereocenters. The molecule has 0 spiro atoms. The van der Waals surface area contributed by atoms with E-state index < -0.39 is 0 Å². The van der Waals surface area contributed by atoms with Crippen LogP contribution in [0.15, 0.2) is 12.4 Å². The number of rotatable bonds is 2. The summed E-state index contributed by atoms with van der Waals surface area (Å²) in [6.45, 7) is 3.57. The van der Waals surface area contributed by atoms with Crippen molar-refractivity contribution >= 4 is 11.9 Å². The predicted molar refractivity (Wildman–Crippen MR) is 89.3 cm³/mol. The second-order valence-electron chi connectivity index (χ2n) is 6.69. The number of carbonyl (C=O) groups is 1. The van der Waals surface area contributed by atoms with Crippen molar-refractivity contribution in [2.75, 3.05) is 32.1 Å². The Kier molecular flexibility index (Phi) is 3.87. The molecule has 1 fully saturated rings. The normalized spacial score (nSPS) is 22.3. The lowest BCUT2D eigenvalue weighted by Crippen LogP contribution is -2.50. The number of aryl methyl sites for hydroxylation is 1. The van der Waals surface area contributed by atoms with E-state index in [-0.39, 0.29) is 18.1 Å². The molecular formula is C16H21N7O2. The molecule has 0 N–H and O–H groups in total. The van der Waals surface area contributed by atoms with Crippen molar-refractivity contribution in [3.05, 3.63) is 29.3 Å². The summed E-state index contributed by atoms with van der Waals surface area (Å²) in [4.78, 5) is 25.3. The van der Waals surface area contributed by atoms with Crippen LogP contribution in [0.4, 0.5) is 5.95 Å². The predicted octanol–water partition coefficient (Wildman–Crippen LogP) is 0.429. The second kappa shape index (κ2) is 6.07. The zero-order valence-electron chi connectivity index (χ0n) is 14.6. The highest BCUT2D eigenvalue weighted by Crippen LogP contribution is 2.30. The Morgan fingerprint density at radius 2 is 2.20 bits per heavy atom. The third-order valence-corrected chi connectivity index (χ3v) is 4.81. The van der Waals surface area contributed by atoms with E-state index in [0.717, 1.165) is 12.1 Å². The summed E-state index contributed by atoms with van der Waals surface area (Å²) in [7, 11) is 3.75. The van der Waals surface area contributed by atoms with Gasteiger partial charge in [0.15, 0.2) is 0 Å². The fourth-order valence-electron chi connectivity index (χ4n) is 3.41. The van der Waals surface area contributed by atoms with Crippen molar-refractivity contribution in [2.45, 2.75) is 32.1 Å². The summed E-state index contributed by atoms with van der Waals surface area (Å²) in [5, 5.41) is 8.14. The number of fused-ring (bicyclic) bond motifs is 3. The first-order chi connectivity index (χ1) is 12.0. The van der Waals surface area contributed by atoms with Crippen LogP contribution in [0.5, 0.6) is 0 Å². The molecule has 9 heteroatoms. The minimum absolute atomic E-state index is 0.00576. The first-order valence-electron chi connectivity index (χ1n) is 8.35. The lowest BCUT2D eigenvalue weighted by Gasteiger charge is -2.41. The smallest absolute Gasteiger partial charge is 0.257 e. The molecule has 9 nitrogen and oxygen atoms in total. The van der Waals surface area contributed by atoms with Crippen LogP contribution in [0.2, 0.25) is 0 Å². The van der Waals surface area contributed by atoms with E-state index in [2.05, 4.69) is 20.3 Å². The average Bonchev–Trinajstić information content (AvgIpc) is 3.09. The van der Waals surface area contributed by atoms with Gasteiger partial charge in [-0.2, -0.15) is 0 Å². The fraction of sp³-hybridized carbons (Fsp3) is 0.562. The highest BCUT2D eigenvalue weighted by Gasteiger charge is 2.38. The molecule has 25 heavy (non-hydrogen) atoms. The molecule has 1 amide bonds. The topological polar surface area (TPSA) is 89.3 Å². The molecule has 0 bridgehead atoms. The van der Waals surface area contributed by atoms with Gasteiger partial charge >= 0.3 is 0 Å². The summed E-state index contributed by atoms with van der Waals surface area (Å²) in [5.74, 6) is 0.550. The van der Waals surface area contributed by atoms with Crippen molar-refractivity contribution in [3.63, 3.8) is 0 Å². The third kappa shape index (κ3) is 2.74. The van der Waals surface area contributed by atoms with Gasteiger partial charge in [0.05, 0.1) is 41.9 Å². The van der Waals surface area contributed by atoms with Crippen molar-refractivity contribution in [2.24, 2.45) is 0 Å². The maximum absolute atomic E-state index is 13.0. The summed E-state index contributed by atoms with van der Waals surface area (Å²) < 4.78 is 7.79. The maximum Gasteiger partial charge on any atom is 0.257 e. The van der Waals surface area contributed by atoms with Gasteiger partial charge in [0.1, 0.15) is 0 Å². The van der Waals surface area contributed by atoms with E-state index in [1.807, 2.05) is 35.5 Å². The van der Waals surface area contributed by atoms with Crippen LogP contribution in [0.3, 0.4) is 0 Å². The minimum atomic E-state index is -0.0477. The van der Waals surface area contributed by atoms with Crippen LogP contribution >= 0.6 is 0 Å². The maximum atomic E-state index is 13.0. The largest absolute Gasteiger partial charge is 0.370 e. The zero-order chi connectivity index (χ0) is 17.6. The molecule has 0 aromatic carbocycles. The molecule has 132 valence electrons. The van der Waals surface area contributed by atoms with Crippen LogP contribution in [0.1, 0.15) is 34.2 Å². The number of hydrogen-bond donors (Lipinski definition) is 0. The molecular weight excluding hydrogens is 322 g/mol. The van der Waals surface area contributed by atoms with Gasteiger partial charge in [-0.15, -0.1) is 5.10 Å². The van der Waals surface area contributed by atoms with Gasteiger partial charge in [-0.05, 0) is 13.3 Å². The second-order valence-corrected chi connectivity index (χ2v) is 6.69. The Hall–Kier alpha value is -2.55. The number of anilines is 1. The van der Waals surface area contributed by atoms with Crippen LogP contribution in [0.25, 0.3) is 0 Å². The van der Waals surface area contributed by atoms with Gasteiger partial charge in [-0.25, -0.2) is 14.6 Å². The highest BCUT2D eigenvalue weighted by atomic mass is 16.5. The molecule has 4 heterocycles. The van der Waals surface area contributed by atoms with Crippen LogP contribution in [-0.2, 0) is 11.3 Å². The Balaban J connectivity index is 1.56. The Labute approximate surface area is 145 Å². The fourth-order valence-corrected chi connectivity index (χ4v) is 3.41. The number of aromatic nitrogens is 5. The Morgan fingerprint density at radius 1 is 1.36 bits per heavy atom. The number of nitrogens with zero attached hydrogens (tertiary/aromatic N) is 7. The molecule has 0 saturated carbocycles. The number of carbonyl (C=O) groups excluding carboxylic acids is 1. The van der Waals surface area contributed by atoms with E-state index in [1.165, 1.54) is 0 Å². The molecule has 4 rings (SSSR count). The van der Waals surface area contributed by atoms with Gasteiger partial charge in [-0.1, -0.05) is 5.21 Å². The van der Waals surface area contributed by atoms with Gasteiger partial charge in [0, 0.05) is 33.4 Å². The number of amides is 1. The number of hydrogen-bond acceptors (Lipinski definition) is 7. The SMILES string of the molecule is Cc1nc(N(C)C)ncc1C(=O)N1CC[C@H]2OCc3cnnn3[C@H]2C1. The van der Waals surface area contributed by atoms with Crippen molar-refractivity contribution in [3.8, 4) is 0 Å². The molecule has 0 radical (unpaired) electrons. The van der Waals surface area contributed by atoms with Crippen molar-refractivity contribution in [1.82, 2.24) is 29.9 Å². The van der Waals surface area contributed by atoms with E-state index in [0.29, 0.717) is 36.9 Å². The molecule has 2 aromatic rings. The van der Waals surface area contributed by atoms with Crippen LogP contribution in [0, 0.1) is 6.92 Å². The lowest BCUT2D eigenvalue weighted by molar-refractivity contribution is -0.0605. The first-order valence-corrected chi connectivity index (χ1v) is 8.35. The highest BCUT2D eigenvalue weighted by molar-refractivity contribution is 5.95. The van der Waals surface area contributed by atoms with E-state index in [9.17, 15) is 4.79 Å². The zero-order valence-corrected chi connectivity index (χ0v) is 14.6. The van der Waals surface area contributed by atoms with E-state index in [4.69, 9.17) is 4.74 Å². The molecule has 2 atom stereocenters. The van der Waals surface area contributed by atoms with E-state index in [1.54, 1.807) is 12.4 Å². The molecule has 2 aliphatic heterocycles. The Bertz CT molecular complexity index is 804. The first kappa shape index (κ1) is 15.9. The van der Waals surface area contributed by atoms with Crippen LogP contribution in [-0.4, -0.2) is 69.1 Å². The van der Waals surface area contributed by atoms with Gasteiger partial charge in [-0.3, -0.25) is 4.79 Å². The number of piperidine rings is 1. The number of ether oxygens (including phenoxy) is 1. The molecule has 1 saturated heterocycles. The standard InChI is InChI=1S/C16H21N7O2/c1-10-12(7-17-16(19-10)21(2)3)15(24)22-5-4-14-13(8-22)23-11(9-25-14)6-18-20-23/h6-7,13-14H,4-5,8-9H2,1-3H3/t13-,14+/m0/s1. The summed E-state index contributed by atoms with van der Waals surface area (Å²) in [6, 6.07) is 0.00576. The van der Waals surface area contributed by atoms with Crippen molar-refractivity contribution < 1.29 is 9.53 Å². The van der Waals surface area contributed by atoms with Gasteiger partial charge < -0.3 is 14.5 Å². The van der Waals surface area contributed by atoms with Gasteiger partial charge in [0.25, 0.3) is 5.91 Å². The monoisotopic (exact) mass is 343 g/mol. The minimum Gasteiger partial charge on any atom is -0.370 e.